The van der Waals surface area contributed by atoms with E-state index in [1.807, 2.05) is 6.92 Å². The van der Waals surface area contributed by atoms with Crippen molar-refractivity contribution < 1.29 is 9.59 Å². The Labute approximate surface area is 129 Å². The van der Waals surface area contributed by atoms with Crippen LogP contribution in [0.1, 0.15) is 19.8 Å². The van der Waals surface area contributed by atoms with Crippen molar-refractivity contribution in [2.45, 2.75) is 25.8 Å². The lowest BCUT2D eigenvalue weighted by atomic mass is 9.95. The van der Waals surface area contributed by atoms with E-state index in [2.05, 4.69) is 10.2 Å². The van der Waals surface area contributed by atoms with Crippen LogP contribution >= 0.6 is 11.6 Å². The highest BCUT2D eigenvalue weighted by Crippen LogP contribution is 2.20. The second-order valence-electron chi connectivity index (χ2n) is 5.39. The fourth-order valence-electron chi connectivity index (χ4n) is 2.55. The number of nitrogens with zero attached hydrogens (tertiary/aromatic N) is 1. The van der Waals surface area contributed by atoms with Crippen LogP contribution in [0.2, 0.25) is 5.02 Å². The average molecular weight is 310 g/mol. The number of amides is 2. The van der Waals surface area contributed by atoms with Crippen LogP contribution in [0, 0.1) is 5.92 Å². The van der Waals surface area contributed by atoms with E-state index in [-0.39, 0.29) is 23.8 Å². The number of carbonyl (C=O) groups excluding carboxylic acids is 2. The third-order valence-corrected chi connectivity index (χ3v) is 4.19. The zero-order valence-electron chi connectivity index (χ0n) is 12.0. The summed E-state index contributed by atoms with van der Waals surface area (Å²) in [5.74, 6) is -0.384. The second-order valence-corrected chi connectivity index (χ2v) is 5.82. The Kier molecular flexibility index (Phi) is 5.20. The van der Waals surface area contributed by atoms with E-state index < -0.39 is 0 Å². The molecular formula is C15H20ClN3O2. The Morgan fingerprint density at radius 2 is 2.05 bits per heavy atom. The molecule has 3 N–H and O–H groups in total. The molecule has 1 aliphatic heterocycles. The molecule has 2 amide bonds. The molecule has 0 aromatic heterocycles. The molecule has 1 aromatic rings. The fourth-order valence-corrected chi connectivity index (χ4v) is 2.74. The fraction of sp³-hybridized carbons (Fsp3) is 0.467. The van der Waals surface area contributed by atoms with Crippen LogP contribution in [0.5, 0.6) is 0 Å². The maximum absolute atomic E-state index is 12.3. The molecule has 5 nitrogen and oxygen atoms in total. The molecule has 1 heterocycles. The maximum Gasteiger partial charge on any atom is 0.241 e. The van der Waals surface area contributed by atoms with E-state index in [1.54, 1.807) is 24.3 Å². The third-order valence-electron chi connectivity index (χ3n) is 3.95. The van der Waals surface area contributed by atoms with Gasteiger partial charge >= 0.3 is 0 Å². The predicted octanol–water partition coefficient (Wildman–Crippen LogP) is 1.86. The van der Waals surface area contributed by atoms with Gasteiger partial charge in [-0.05, 0) is 51.1 Å². The number of primary amides is 1. The van der Waals surface area contributed by atoms with Gasteiger partial charge in [0.25, 0.3) is 0 Å². The molecule has 1 fully saturated rings. The summed E-state index contributed by atoms with van der Waals surface area (Å²) in [7, 11) is 0. The zero-order chi connectivity index (χ0) is 15.4. The van der Waals surface area contributed by atoms with E-state index in [1.165, 1.54) is 0 Å². The first-order chi connectivity index (χ1) is 9.97. The summed E-state index contributed by atoms with van der Waals surface area (Å²) in [5.41, 5.74) is 6.00. The number of nitrogens with one attached hydrogen (secondary N) is 1. The van der Waals surface area contributed by atoms with Crippen molar-refractivity contribution in [3.8, 4) is 0 Å². The molecule has 1 aromatic carbocycles. The molecule has 21 heavy (non-hydrogen) atoms. The minimum absolute atomic E-state index is 0.0653. The van der Waals surface area contributed by atoms with Gasteiger partial charge in [-0.15, -0.1) is 0 Å². The number of halogens is 1. The molecule has 1 saturated heterocycles. The topological polar surface area (TPSA) is 75.4 Å². The van der Waals surface area contributed by atoms with E-state index in [4.69, 9.17) is 17.3 Å². The molecule has 2 rings (SSSR count). The van der Waals surface area contributed by atoms with Gasteiger partial charge in [0.1, 0.15) is 0 Å². The highest BCUT2D eigenvalue weighted by Gasteiger charge is 2.28. The smallest absolute Gasteiger partial charge is 0.241 e. The maximum atomic E-state index is 12.3. The minimum atomic E-state index is -0.252. The molecule has 1 aliphatic rings. The van der Waals surface area contributed by atoms with Crippen molar-refractivity contribution >= 4 is 29.1 Å². The normalized spacial score (nSPS) is 18.2. The molecule has 0 saturated carbocycles. The third kappa shape index (κ3) is 4.19. The lowest BCUT2D eigenvalue weighted by molar-refractivity contribution is -0.124. The number of benzene rings is 1. The average Bonchev–Trinajstić information content (AvgIpc) is 2.46. The lowest BCUT2D eigenvalue weighted by Gasteiger charge is -2.34. The van der Waals surface area contributed by atoms with Crippen molar-refractivity contribution in [2.24, 2.45) is 11.7 Å². The number of anilines is 1. The van der Waals surface area contributed by atoms with E-state index in [9.17, 15) is 9.59 Å². The Morgan fingerprint density at radius 1 is 1.38 bits per heavy atom. The van der Waals surface area contributed by atoms with Gasteiger partial charge in [-0.25, -0.2) is 0 Å². The predicted molar refractivity (Wildman–Crippen MR) is 83.0 cm³/mol. The molecule has 6 heteroatoms. The summed E-state index contributed by atoms with van der Waals surface area (Å²) >= 11 is 5.90. The molecule has 0 unspecified atom stereocenters. The van der Waals surface area contributed by atoms with Crippen molar-refractivity contribution in [3.63, 3.8) is 0 Å². The highest BCUT2D eigenvalue weighted by atomic mass is 35.5. The molecule has 1 atom stereocenters. The van der Waals surface area contributed by atoms with Gasteiger partial charge in [0.15, 0.2) is 0 Å². The number of hydrogen-bond acceptors (Lipinski definition) is 3. The largest absolute Gasteiger partial charge is 0.369 e. The van der Waals surface area contributed by atoms with Gasteiger partial charge in [0.05, 0.1) is 6.04 Å². The number of likely N-dealkylation sites (tertiary alicyclic amines) is 1. The van der Waals surface area contributed by atoms with Crippen LogP contribution in [-0.4, -0.2) is 35.8 Å². The Bertz CT molecular complexity index is 527. The Hall–Kier alpha value is -1.59. The van der Waals surface area contributed by atoms with Crippen LogP contribution < -0.4 is 11.1 Å². The molecule has 114 valence electrons. The highest BCUT2D eigenvalue weighted by molar-refractivity contribution is 6.30. The summed E-state index contributed by atoms with van der Waals surface area (Å²) in [5, 5.41) is 3.44. The summed E-state index contributed by atoms with van der Waals surface area (Å²) in [6.07, 6.45) is 1.42. The first kappa shape index (κ1) is 15.8. The number of piperidine rings is 1. The number of nitrogens with two attached hydrogens (primary N) is 1. The molecule has 0 aliphatic carbocycles. The van der Waals surface area contributed by atoms with Crippen LogP contribution in [-0.2, 0) is 9.59 Å². The van der Waals surface area contributed by atoms with E-state index in [0.29, 0.717) is 36.6 Å². The van der Waals surface area contributed by atoms with Crippen LogP contribution in [0.25, 0.3) is 0 Å². The van der Waals surface area contributed by atoms with Crippen molar-refractivity contribution in [1.29, 1.82) is 0 Å². The molecular weight excluding hydrogens is 290 g/mol. The van der Waals surface area contributed by atoms with Crippen molar-refractivity contribution in [2.75, 3.05) is 18.4 Å². The Balaban J connectivity index is 1.90. The minimum Gasteiger partial charge on any atom is -0.369 e. The van der Waals surface area contributed by atoms with Gasteiger partial charge in [0.2, 0.25) is 11.8 Å². The molecule has 0 spiro atoms. The first-order valence-electron chi connectivity index (χ1n) is 7.07. The van der Waals surface area contributed by atoms with Crippen molar-refractivity contribution in [1.82, 2.24) is 4.90 Å². The van der Waals surface area contributed by atoms with Crippen LogP contribution in [0.4, 0.5) is 5.69 Å². The zero-order valence-corrected chi connectivity index (χ0v) is 12.8. The van der Waals surface area contributed by atoms with Gasteiger partial charge < -0.3 is 11.1 Å². The van der Waals surface area contributed by atoms with E-state index in [0.717, 1.165) is 0 Å². The van der Waals surface area contributed by atoms with Crippen molar-refractivity contribution in [3.05, 3.63) is 29.3 Å². The molecule has 0 bridgehead atoms. The summed E-state index contributed by atoms with van der Waals surface area (Å²) in [6.45, 7) is 3.28. The quantitative estimate of drug-likeness (QED) is 0.891. The lowest BCUT2D eigenvalue weighted by Crippen LogP contribution is -2.47. The SMILES string of the molecule is C[C@H](C(=O)Nc1cccc(Cl)c1)N1CCC(C(N)=O)CC1. The van der Waals surface area contributed by atoms with E-state index >= 15 is 0 Å². The summed E-state index contributed by atoms with van der Waals surface area (Å²) in [4.78, 5) is 25.5. The summed E-state index contributed by atoms with van der Waals surface area (Å²) in [6, 6.07) is 6.81. The summed E-state index contributed by atoms with van der Waals surface area (Å²) < 4.78 is 0. The van der Waals surface area contributed by atoms with Gasteiger partial charge in [0, 0.05) is 16.6 Å². The standard InChI is InChI=1S/C15H20ClN3O2/c1-10(19-7-5-11(6-8-19)14(17)20)15(21)18-13-4-2-3-12(16)9-13/h2-4,9-11H,5-8H2,1H3,(H2,17,20)(H,18,21)/t10-/m1/s1. The first-order valence-corrected chi connectivity index (χ1v) is 7.45. The molecule has 0 radical (unpaired) electrons. The second kappa shape index (κ2) is 6.91. The van der Waals surface area contributed by atoms with Gasteiger partial charge in [-0.3, -0.25) is 14.5 Å². The van der Waals surface area contributed by atoms with Crippen LogP contribution in [0.3, 0.4) is 0 Å². The number of carbonyl (C=O) groups is 2. The van der Waals surface area contributed by atoms with Crippen LogP contribution in [0.15, 0.2) is 24.3 Å². The van der Waals surface area contributed by atoms with Gasteiger partial charge in [-0.1, -0.05) is 17.7 Å². The Morgan fingerprint density at radius 3 is 2.62 bits per heavy atom. The number of rotatable bonds is 4. The van der Waals surface area contributed by atoms with Gasteiger partial charge in [-0.2, -0.15) is 0 Å². The number of hydrogen-bond donors (Lipinski definition) is 2. The monoisotopic (exact) mass is 309 g/mol.